The number of ether oxygens (including phenoxy) is 1. The Morgan fingerprint density at radius 1 is 1.29 bits per heavy atom. The van der Waals surface area contributed by atoms with Crippen molar-refractivity contribution in [1.29, 1.82) is 0 Å². The van der Waals surface area contributed by atoms with Crippen LogP contribution < -0.4 is 0 Å². The molecule has 1 aromatic rings. The Morgan fingerprint density at radius 3 is 2.50 bits per heavy atom. The van der Waals surface area contributed by atoms with Gasteiger partial charge >= 0.3 is 0 Å². The topological polar surface area (TPSA) is 21.7 Å². The third-order valence-corrected chi connectivity index (χ3v) is 6.29. The number of nitrogens with zero attached hydrogens (tertiary/aromatic N) is 1. The highest BCUT2D eigenvalue weighted by atomic mass is 31.2. The minimum Gasteiger partial charge on any atom is -0.369 e. The molecule has 1 heterocycles. The summed E-state index contributed by atoms with van der Waals surface area (Å²) in [6.07, 6.45) is -2.73. The molecule has 0 aliphatic carbocycles. The quantitative estimate of drug-likeness (QED) is 0.625. The van der Waals surface area contributed by atoms with E-state index in [0.717, 1.165) is 5.56 Å². The maximum absolute atomic E-state index is 14.5. The number of hydrogen-bond acceptors (Lipinski definition) is 3. The van der Waals surface area contributed by atoms with Crippen molar-refractivity contribution in [2.75, 3.05) is 13.3 Å². The maximum atomic E-state index is 14.5. The first-order valence-electron chi connectivity index (χ1n) is 9.29. The smallest absolute Gasteiger partial charge is 0.129 e. The van der Waals surface area contributed by atoms with Gasteiger partial charge in [-0.2, -0.15) is 0 Å². The van der Waals surface area contributed by atoms with Gasteiger partial charge in [0.1, 0.15) is 14.5 Å². The molecule has 0 radical (unpaired) electrons. The molecule has 0 N–H and O–H groups in total. The Morgan fingerprint density at radius 2 is 1.92 bits per heavy atom. The van der Waals surface area contributed by atoms with E-state index < -0.39 is 33.1 Å². The van der Waals surface area contributed by atoms with E-state index >= 15 is 0 Å². The van der Waals surface area contributed by atoms with E-state index in [1.807, 2.05) is 30.3 Å². The highest BCUT2D eigenvalue weighted by Gasteiger charge is 2.36. The lowest BCUT2D eigenvalue weighted by Gasteiger charge is -2.35. The largest absolute Gasteiger partial charge is 0.369 e. The van der Waals surface area contributed by atoms with Crippen molar-refractivity contribution >= 4 is 8.30 Å². The zero-order valence-electron chi connectivity index (χ0n) is 16.4. The van der Waals surface area contributed by atoms with Crippen LogP contribution in [0, 0.1) is 0 Å². The molecule has 24 heavy (non-hydrogen) atoms. The molecule has 5 heteroatoms. The molecule has 1 aromatic carbocycles. The molecular weight excluding hydrogens is 324 g/mol. The molecular formula is C19H31FNO2P. The van der Waals surface area contributed by atoms with Crippen LogP contribution >= 0.6 is 8.30 Å². The van der Waals surface area contributed by atoms with Crippen molar-refractivity contribution in [2.24, 2.45) is 0 Å². The summed E-state index contributed by atoms with van der Waals surface area (Å²) in [6.45, 7) is 10.9. The minimum absolute atomic E-state index is 0.276. The van der Waals surface area contributed by atoms with Crippen LogP contribution in [0.3, 0.4) is 0 Å². The predicted molar refractivity (Wildman–Crippen MR) is 99.2 cm³/mol. The molecule has 0 amide bonds. The van der Waals surface area contributed by atoms with Gasteiger partial charge in [0.15, 0.2) is 0 Å². The minimum atomic E-state index is -1.27. The van der Waals surface area contributed by atoms with Crippen LogP contribution in [0.25, 0.3) is 0 Å². The molecule has 0 bridgehead atoms. The molecule has 5 atom stereocenters. The van der Waals surface area contributed by atoms with E-state index in [9.17, 15) is 4.39 Å². The van der Waals surface area contributed by atoms with Crippen molar-refractivity contribution in [1.82, 2.24) is 4.67 Å². The number of halogens is 1. The van der Waals surface area contributed by atoms with Crippen molar-refractivity contribution in [3.8, 4) is 0 Å². The van der Waals surface area contributed by atoms with E-state index in [1.165, 1.54) is 0 Å². The fraction of sp³-hybridized carbons (Fsp3) is 0.684. The Balaban J connectivity index is 1.90. The van der Waals surface area contributed by atoms with Crippen LogP contribution in [0.5, 0.6) is 0 Å². The highest BCUT2D eigenvalue weighted by Crippen LogP contribution is 2.41. The lowest BCUT2D eigenvalue weighted by atomic mass is 10.0. The van der Waals surface area contributed by atoms with Crippen molar-refractivity contribution in [3.63, 3.8) is 0 Å². The average molecular weight is 356 g/mol. The van der Waals surface area contributed by atoms with Gasteiger partial charge in [0.05, 0.1) is 18.8 Å². The normalized spacial score (nSPS) is 29.5. The van der Waals surface area contributed by atoms with E-state index in [1.54, 1.807) is 0 Å². The van der Waals surface area contributed by atoms with Crippen LogP contribution in [-0.2, 0) is 15.7 Å². The molecule has 1 saturated heterocycles. The highest BCUT2D eigenvalue weighted by molar-refractivity contribution is 7.49. The van der Waals surface area contributed by atoms with Gasteiger partial charge in [0.2, 0.25) is 0 Å². The van der Waals surface area contributed by atoms with Gasteiger partial charge in [-0.15, -0.1) is 0 Å². The fourth-order valence-corrected chi connectivity index (χ4v) is 5.07. The predicted octanol–water partition coefficient (Wildman–Crippen LogP) is 4.80. The van der Waals surface area contributed by atoms with Gasteiger partial charge in [0, 0.05) is 26.3 Å². The summed E-state index contributed by atoms with van der Waals surface area (Å²) in [6, 6.07) is 10.5. The number of rotatable bonds is 8. The monoisotopic (exact) mass is 356 g/mol. The van der Waals surface area contributed by atoms with Crippen LogP contribution in [0.4, 0.5) is 4.39 Å². The summed E-state index contributed by atoms with van der Waals surface area (Å²) in [4.78, 5) is 0. The Labute approximate surface area is 148 Å². The molecule has 2 unspecified atom stereocenters. The number of hydrogen-bond donors (Lipinski definition) is 0. The second-order valence-electron chi connectivity index (χ2n) is 6.87. The SMILES string of the molecule is [2H]C1[C@@H](COP(C)N(C(C)C)C(C)C)O[C@@H](Cc2ccccc2)[C@H]1F. The second-order valence-corrected chi connectivity index (χ2v) is 8.52. The Bertz CT molecular complexity index is 511. The van der Waals surface area contributed by atoms with Crippen molar-refractivity contribution in [3.05, 3.63) is 35.9 Å². The molecule has 0 saturated carbocycles. The second kappa shape index (κ2) is 9.24. The molecule has 0 spiro atoms. The summed E-state index contributed by atoms with van der Waals surface area (Å²) in [5.41, 5.74) is 1.03. The van der Waals surface area contributed by atoms with Crippen LogP contribution in [0.2, 0.25) is 0 Å². The van der Waals surface area contributed by atoms with Crippen molar-refractivity contribution < 1.29 is 15.0 Å². The maximum Gasteiger partial charge on any atom is 0.129 e. The first kappa shape index (κ1) is 18.3. The van der Waals surface area contributed by atoms with Crippen LogP contribution in [-0.4, -0.2) is 48.4 Å². The molecule has 1 aliphatic heterocycles. The molecule has 3 nitrogen and oxygen atoms in total. The zero-order valence-corrected chi connectivity index (χ0v) is 16.2. The first-order chi connectivity index (χ1) is 11.8. The van der Waals surface area contributed by atoms with Gasteiger partial charge in [-0.1, -0.05) is 30.3 Å². The van der Waals surface area contributed by atoms with Gasteiger partial charge in [0.25, 0.3) is 0 Å². The lowest BCUT2D eigenvalue weighted by molar-refractivity contribution is 0.00800. The third kappa shape index (κ3) is 5.49. The van der Waals surface area contributed by atoms with E-state index in [4.69, 9.17) is 10.6 Å². The van der Waals surface area contributed by atoms with Gasteiger partial charge < -0.3 is 9.26 Å². The summed E-state index contributed by atoms with van der Waals surface area (Å²) >= 11 is 0. The Hall–Kier alpha value is -0.540. The molecule has 1 aliphatic rings. The van der Waals surface area contributed by atoms with E-state index in [2.05, 4.69) is 39.0 Å². The summed E-state index contributed by atoms with van der Waals surface area (Å²) in [7, 11) is -0.787. The van der Waals surface area contributed by atoms with Gasteiger partial charge in [-0.25, -0.2) is 4.39 Å². The molecule has 0 aromatic heterocycles. The summed E-state index contributed by atoms with van der Waals surface area (Å²) in [5.74, 6) is 0. The summed E-state index contributed by atoms with van der Waals surface area (Å²) < 4.78 is 36.8. The molecule has 2 rings (SSSR count). The molecule has 1 fully saturated rings. The fourth-order valence-electron chi connectivity index (χ4n) is 3.27. The third-order valence-electron chi connectivity index (χ3n) is 4.19. The lowest BCUT2D eigenvalue weighted by Crippen LogP contribution is -2.33. The number of benzene rings is 1. The average Bonchev–Trinajstić information content (AvgIpc) is 2.81. The summed E-state index contributed by atoms with van der Waals surface area (Å²) in [5, 5.41) is 0. The van der Waals surface area contributed by atoms with Gasteiger partial charge in [-0.05, 0) is 39.9 Å². The van der Waals surface area contributed by atoms with E-state index in [-0.39, 0.29) is 6.61 Å². The van der Waals surface area contributed by atoms with Crippen molar-refractivity contribution in [2.45, 2.75) is 71.0 Å². The number of alkyl halides is 1. The Kier molecular flexibility index (Phi) is 7.03. The first-order valence-corrected chi connectivity index (χ1v) is 10.4. The molecule has 136 valence electrons. The van der Waals surface area contributed by atoms with Gasteiger partial charge in [-0.3, -0.25) is 4.67 Å². The zero-order chi connectivity index (χ0) is 18.6. The standard InChI is InChI=1S/C19H31FNO2P/c1-14(2)21(15(3)4)24(5)22-13-17-12-18(20)19(23-17)11-16-9-7-6-8-10-16/h6-10,14-15,17-19H,11-13H2,1-5H3/t17-,18-,19-,24?/m0/s1/i12D/t12?,17-,18-,19-,24?. The van der Waals surface area contributed by atoms with Crippen LogP contribution in [0.15, 0.2) is 30.3 Å². The van der Waals surface area contributed by atoms with E-state index in [0.29, 0.717) is 18.5 Å². The van der Waals surface area contributed by atoms with Crippen LogP contribution in [0.1, 0.15) is 41.0 Å².